The molecular weight excluding hydrogens is 490 g/mol. The van der Waals surface area contributed by atoms with Crippen LogP contribution in [0.1, 0.15) is 57.4 Å². The summed E-state index contributed by atoms with van der Waals surface area (Å²) in [6, 6.07) is 16.4. The van der Waals surface area contributed by atoms with E-state index in [1.807, 2.05) is 35.0 Å². The van der Waals surface area contributed by atoms with Crippen molar-refractivity contribution in [2.75, 3.05) is 0 Å². The summed E-state index contributed by atoms with van der Waals surface area (Å²) in [7, 11) is 0. The zero-order chi connectivity index (χ0) is 25.7. The highest BCUT2D eigenvalue weighted by Gasteiger charge is 2.48. The van der Waals surface area contributed by atoms with E-state index >= 15 is 0 Å². The van der Waals surface area contributed by atoms with Gasteiger partial charge in [-0.05, 0) is 83.3 Å². The van der Waals surface area contributed by atoms with Crippen LogP contribution >= 0.6 is 11.6 Å². The van der Waals surface area contributed by atoms with Crippen LogP contribution in [0.2, 0.25) is 5.02 Å². The molecular formula is C33H26ClN3O. The van der Waals surface area contributed by atoms with Crippen molar-refractivity contribution in [3.05, 3.63) is 148 Å². The highest BCUT2D eigenvalue weighted by atomic mass is 35.5. The van der Waals surface area contributed by atoms with Crippen molar-refractivity contribution in [1.82, 2.24) is 14.5 Å². The molecule has 2 aromatic carbocycles. The van der Waals surface area contributed by atoms with Crippen molar-refractivity contribution in [3.63, 3.8) is 0 Å². The summed E-state index contributed by atoms with van der Waals surface area (Å²) in [5, 5.41) is 0.734. The van der Waals surface area contributed by atoms with Gasteiger partial charge in [0.25, 0.3) is 0 Å². The number of carbonyl (C=O) groups excluding carboxylic acids is 1. The lowest BCUT2D eigenvalue weighted by atomic mass is 9.60. The number of allylic oxidation sites excluding steroid dienone is 5. The third kappa shape index (κ3) is 3.20. The van der Waals surface area contributed by atoms with Gasteiger partial charge in [-0.3, -0.25) is 9.78 Å². The van der Waals surface area contributed by atoms with E-state index in [4.69, 9.17) is 11.6 Å². The molecule has 0 N–H and O–H groups in total. The molecule has 0 fully saturated rings. The molecule has 4 nitrogen and oxygen atoms in total. The van der Waals surface area contributed by atoms with Crippen LogP contribution in [0.5, 0.6) is 0 Å². The molecule has 7 rings (SSSR count). The molecule has 2 atom stereocenters. The van der Waals surface area contributed by atoms with E-state index in [0.717, 1.165) is 29.8 Å². The minimum absolute atomic E-state index is 0.0536. The SMILES string of the molecule is O=C(c1cccnc1)C1(n2ccnc2)CCCc2c1ccc1c2C=CC2=CC=CCC21c1ccc(Cl)cc1. The Morgan fingerprint density at radius 2 is 1.84 bits per heavy atom. The average Bonchev–Trinajstić information content (AvgIpc) is 3.52. The Balaban J connectivity index is 1.48. The first-order chi connectivity index (χ1) is 18.6. The van der Waals surface area contributed by atoms with Crippen molar-refractivity contribution in [1.29, 1.82) is 0 Å². The van der Waals surface area contributed by atoms with Gasteiger partial charge in [0.1, 0.15) is 5.54 Å². The van der Waals surface area contributed by atoms with Crippen LogP contribution in [0.15, 0.2) is 110 Å². The number of benzene rings is 2. The van der Waals surface area contributed by atoms with Crippen molar-refractivity contribution in [2.45, 2.75) is 36.6 Å². The lowest BCUT2D eigenvalue weighted by molar-refractivity contribution is 0.0829. The monoisotopic (exact) mass is 515 g/mol. The number of ketones is 1. The zero-order valence-corrected chi connectivity index (χ0v) is 21.6. The van der Waals surface area contributed by atoms with E-state index in [9.17, 15) is 4.79 Å². The number of carbonyl (C=O) groups is 1. The van der Waals surface area contributed by atoms with E-state index in [-0.39, 0.29) is 11.2 Å². The molecule has 0 bridgehead atoms. The number of hydrogen-bond acceptors (Lipinski definition) is 3. The molecule has 2 aromatic heterocycles. The third-order valence-electron chi connectivity index (χ3n) is 8.57. The summed E-state index contributed by atoms with van der Waals surface area (Å²) in [5.41, 5.74) is 6.78. The van der Waals surface area contributed by atoms with Gasteiger partial charge in [-0.1, -0.05) is 66.2 Å². The van der Waals surface area contributed by atoms with Gasteiger partial charge in [-0.25, -0.2) is 4.98 Å². The molecule has 186 valence electrons. The number of imidazole rings is 1. The number of rotatable bonds is 4. The van der Waals surface area contributed by atoms with E-state index in [2.05, 4.69) is 64.6 Å². The van der Waals surface area contributed by atoms with Gasteiger partial charge >= 0.3 is 0 Å². The summed E-state index contributed by atoms with van der Waals surface area (Å²) in [5.74, 6) is 0.0536. The molecule has 38 heavy (non-hydrogen) atoms. The molecule has 0 radical (unpaired) electrons. The molecule has 2 heterocycles. The normalized spacial score (nSPS) is 23.2. The van der Waals surface area contributed by atoms with Crippen LogP contribution in [0.4, 0.5) is 0 Å². The van der Waals surface area contributed by atoms with Crippen LogP contribution in [-0.4, -0.2) is 20.3 Å². The summed E-state index contributed by atoms with van der Waals surface area (Å²) < 4.78 is 2.00. The molecule has 0 spiro atoms. The molecule has 0 saturated carbocycles. The Morgan fingerprint density at radius 3 is 2.63 bits per heavy atom. The predicted molar refractivity (Wildman–Crippen MR) is 150 cm³/mol. The van der Waals surface area contributed by atoms with Gasteiger partial charge in [-0.15, -0.1) is 0 Å². The highest BCUT2D eigenvalue weighted by Crippen LogP contribution is 2.52. The van der Waals surface area contributed by atoms with Crippen molar-refractivity contribution >= 4 is 23.5 Å². The fourth-order valence-corrected chi connectivity index (χ4v) is 7.00. The van der Waals surface area contributed by atoms with Crippen LogP contribution < -0.4 is 0 Å². The van der Waals surface area contributed by atoms with Crippen molar-refractivity contribution in [3.8, 4) is 0 Å². The molecule has 4 aromatic rings. The van der Waals surface area contributed by atoms with E-state index in [1.54, 1.807) is 24.9 Å². The number of pyridine rings is 1. The molecule has 3 aliphatic carbocycles. The minimum atomic E-state index is -0.869. The van der Waals surface area contributed by atoms with Crippen molar-refractivity contribution < 1.29 is 4.79 Å². The predicted octanol–water partition coefficient (Wildman–Crippen LogP) is 7.09. The number of Topliss-reactive ketones (excluding diaryl/α,β-unsaturated/α-hetero) is 1. The average molecular weight is 516 g/mol. The summed E-state index contributed by atoms with van der Waals surface area (Å²) in [6.45, 7) is 0. The van der Waals surface area contributed by atoms with Crippen LogP contribution in [0.3, 0.4) is 0 Å². The quantitative estimate of drug-likeness (QED) is 0.272. The van der Waals surface area contributed by atoms with E-state index in [1.165, 1.54) is 27.8 Å². The smallest absolute Gasteiger partial charge is 0.194 e. The number of aromatic nitrogens is 3. The first-order valence-electron chi connectivity index (χ1n) is 13.1. The van der Waals surface area contributed by atoms with Gasteiger partial charge in [0.2, 0.25) is 0 Å². The van der Waals surface area contributed by atoms with Gasteiger partial charge < -0.3 is 4.57 Å². The lowest BCUT2D eigenvalue weighted by Crippen LogP contribution is -2.46. The maximum atomic E-state index is 14.4. The molecule has 5 heteroatoms. The topological polar surface area (TPSA) is 47.8 Å². The minimum Gasteiger partial charge on any atom is -0.320 e. The molecule has 0 amide bonds. The van der Waals surface area contributed by atoms with Crippen molar-refractivity contribution in [2.24, 2.45) is 0 Å². The second kappa shape index (κ2) is 8.78. The van der Waals surface area contributed by atoms with Crippen LogP contribution in [-0.2, 0) is 17.4 Å². The van der Waals surface area contributed by atoms with Gasteiger partial charge in [-0.2, -0.15) is 0 Å². The Morgan fingerprint density at radius 1 is 0.974 bits per heavy atom. The first kappa shape index (κ1) is 23.1. The van der Waals surface area contributed by atoms with Crippen LogP contribution in [0.25, 0.3) is 6.08 Å². The van der Waals surface area contributed by atoms with Gasteiger partial charge in [0, 0.05) is 40.8 Å². The Kier molecular flexibility index (Phi) is 5.34. The molecule has 2 unspecified atom stereocenters. The summed E-state index contributed by atoms with van der Waals surface area (Å²) in [6.07, 6.45) is 23.4. The largest absolute Gasteiger partial charge is 0.320 e. The fraction of sp³-hybridized carbons (Fsp3) is 0.182. The maximum absolute atomic E-state index is 14.4. The maximum Gasteiger partial charge on any atom is 0.194 e. The number of nitrogens with zero attached hydrogens (tertiary/aromatic N) is 3. The van der Waals surface area contributed by atoms with Gasteiger partial charge in [0.05, 0.1) is 6.33 Å². The molecule has 0 aliphatic heterocycles. The fourth-order valence-electron chi connectivity index (χ4n) is 6.87. The van der Waals surface area contributed by atoms with Gasteiger partial charge in [0.15, 0.2) is 5.78 Å². The Hall–Kier alpha value is -4.02. The number of hydrogen-bond donors (Lipinski definition) is 0. The highest BCUT2D eigenvalue weighted by molar-refractivity contribution is 6.30. The Labute approximate surface area is 227 Å². The third-order valence-corrected chi connectivity index (χ3v) is 8.82. The zero-order valence-electron chi connectivity index (χ0n) is 20.8. The van der Waals surface area contributed by atoms with E-state index in [0.29, 0.717) is 12.0 Å². The number of halogens is 1. The number of fused-ring (bicyclic) bond motifs is 5. The Bertz CT molecular complexity index is 1630. The second-order valence-corrected chi connectivity index (χ2v) is 10.7. The van der Waals surface area contributed by atoms with Crippen LogP contribution in [0, 0.1) is 0 Å². The molecule has 0 saturated heterocycles. The summed E-state index contributed by atoms with van der Waals surface area (Å²) in [4.78, 5) is 23.0. The standard InChI is InChI=1S/C33H26ClN3O/c34-26-11-8-25(9-12-26)32-16-2-1-6-24(32)10-13-28-27-7-3-17-33(37-20-19-36-22-37,30(27)15-14-29(28)32)31(38)23-5-4-18-35-21-23/h1-2,4-6,8-15,18-22H,3,7,16-17H2. The van der Waals surface area contributed by atoms with E-state index < -0.39 is 5.54 Å². The summed E-state index contributed by atoms with van der Waals surface area (Å²) >= 11 is 6.29. The lowest BCUT2D eigenvalue weighted by Gasteiger charge is -2.44. The molecule has 3 aliphatic rings. The first-order valence-corrected chi connectivity index (χ1v) is 13.4. The second-order valence-electron chi connectivity index (χ2n) is 10.3.